The number of aryl methyl sites for hydroxylation is 1. The predicted molar refractivity (Wildman–Crippen MR) is 136 cm³/mol. The fourth-order valence-corrected chi connectivity index (χ4v) is 5.07. The summed E-state index contributed by atoms with van der Waals surface area (Å²) in [6.45, 7) is 12.0. The minimum absolute atomic E-state index is 0.0101. The Kier molecular flexibility index (Phi) is 5.01. The summed E-state index contributed by atoms with van der Waals surface area (Å²) in [5, 5.41) is 0. The second-order valence-electron chi connectivity index (χ2n) is 10.0. The molecule has 0 spiro atoms. The van der Waals surface area contributed by atoms with Crippen molar-refractivity contribution in [2.24, 2.45) is 0 Å². The highest BCUT2D eigenvalue weighted by Crippen LogP contribution is 2.45. The molecular weight excluding hydrogens is 424 g/mol. The molecule has 3 heterocycles. The summed E-state index contributed by atoms with van der Waals surface area (Å²) in [4.78, 5) is 35.1. The van der Waals surface area contributed by atoms with Crippen LogP contribution >= 0.6 is 0 Å². The van der Waals surface area contributed by atoms with Gasteiger partial charge in [0.05, 0.1) is 28.2 Å². The molecule has 0 aliphatic carbocycles. The lowest BCUT2D eigenvalue weighted by molar-refractivity contribution is -0.122. The number of imidazole rings is 1. The van der Waals surface area contributed by atoms with Crippen molar-refractivity contribution in [2.45, 2.75) is 59.0 Å². The summed E-state index contributed by atoms with van der Waals surface area (Å²) in [6.07, 6.45) is 1.73. The van der Waals surface area contributed by atoms with Crippen LogP contribution in [-0.4, -0.2) is 26.5 Å². The van der Waals surface area contributed by atoms with Crippen molar-refractivity contribution in [3.05, 3.63) is 81.8 Å². The van der Waals surface area contributed by atoms with Gasteiger partial charge in [0.1, 0.15) is 5.82 Å². The number of pyridine rings is 1. The molecule has 1 amide bonds. The van der Waals surface area contributed by atoms with Gasteiger partial charge in [0.2, 0.25) is 5.91 Å². The number of fused-ring (bicyclic) bond motifs is 2. The number of carbonyl (C=O) groups excluding carboxylic acids is 1. The van der Waals surface area contributed by atoms with Crippen LogP contribution in [0, 0.1) is 6.92 Å². The van der Waals surface area contributed by atoms with Crippen molar-refractivity contribution < 1.29 is 4.79 Å². The average molecular weight is 455 g/mol. The normalized spacial score (nSPS) is 15.9. The zero-order valence-electron chi connectivity index (χ0n) is 20.5. The van der Waals surface area contributed by atoms with Crippen LogP contribution in [0.5, 0.6) is 0 Å². The molecule has 1 atom stereocenters. The van der Waals surface area contributed by atoms with Crippen molar-refractivity contribution in [1.82, 2.24) is 14.5 Å². The first-order valence-corrected chi connectivity index (χ1v) is 11.8. The molecule has 34 heavy (non-hydrogen) atoms. The molecule has 0 radical (unpaired) electrons. The Bertz CT molecular complexity index is 1480. The van der Waals surface area contributed by atoms with E-state index in [1.54, 1.807) is 13.1 Å². The highest BCUT2D eigenvalue weighted by molar-refractivity contribution is 6.10. The fraction of sp³-hybridized carbons (Fsp3) is 0.321. The first-order chi connectivity index (χ1) is 16.1. The highest BCUT2D eigenvalue weighted by Gasteiger charge is 2.45. The first kappa shape index (κ1) is 22.1. The summed E-state index contributed by atoms with van der Waals surface area (Å²) in [7, 11) is 0. The number of nitrogens with zero attached hydrogens (tertiary/aromatic N) is 3. The standard InChI is InChI=1S/C28H30N4O2/c1-16(2)31-23-14-24-22(13-21(23)28(5,6)27(31)34)30-25(20-12-17(3)26(33)29-15-20)32(24)18(4)19-10-8-7-9-11-19/h7-16,18H,1-6H3,(H,29,33)/t18-/m0/s1. The van der Waals surface area contributed by atoms with Crippen LogP contribution in [-0.2, 0) is 10.2 Å². The molecule has 1 N–H and O–H groups in total. The Morgan fingerprint density at radius 3 is 2.35 bits per heavy atom. The van der Waals surface area contributed by atoms with Crippen LogP contribution < -0.4 is 10.5 Å². The quantitative estimate of drug-likeness (QED) is 0.452. The number of hydrogen-bond acceptors (Lipinski definition) is 3. The second kappa shape index (κ2) is 7.69. The van der Waals surface area contributed by atoms with Gasteiger partial charge in [-0.1, -0.05) is 30.3 Å². The zero-order chi connectivity index (χ0) is 24.4. The number of H-pyrrole nitrogens is 1. The fourth-order valence-electron chi connectivity index (χ4n) is 5.07. The van der Waals surface area contributed by atoms with Crippen molar-refractivity contribution in [2.75, 3.05) is 4.90 Å². The van der Waals surface area contributed by atoms with Crippen LogP contribution in [0.3, 0.4) is 0 Å². The number of aromatic nitrogens is 3. The molecule has 0 fully saturated rings. The lowest BCUT2D eigenvalue weighted by Crippen LogP contribution is -2.40. The van der Waals surface area contributed by atoms with Gasteiger partial charge in [-0.15, -0.1) is 0 Å². The number of aromatic amines is 1. The van der Waals surface area contributed by atoms with Gasteiger partial charge in [-0.2, -0.15) is 0 Å². The molecule has 0 saturated carbocycles. The molecule has 5 rings (SSSR count). The van der Waals surface area contributed by atoms with Crippen molar-refractivity contribution in [1.29, 1.82) is 0 Å². The monoisotopic (exact) mass is 454 g/mol. The molecule has 0 saturated heterocycles. The summed E-state index contributed by atoms with van der Waals surface area (Å²) in [5.41, 5.74) is 5.68. The summed E-state index contributed by atoms with van der Waals surface area (Å²) >= 11 is 0. The van der Waals surface area contributed by atoms with E-state index in [0.29, 0.717) is 5.56 Å². The molecule has 4 aromatic rings. The second-order valence-corrected chi connectivity index (χ2v) is 10.0. The minimum Gasteiger partial charge on any atom is -0.328 e. The number of rotatable bonds is 4. The Labute approximate surface area is 199 Å². The lowest BCUT2D eigenvalue weighted by Gasteiger charge is -2.24. The van der Waals surface area contributed by atoms with Gasteiger partial charge in [0.25, 0.3) is 5.56 Å². The van der Waals surface area contributed by atoms with Gasteiger partial charge < -0.3 is 14.5 Å². The Morgan fingerprint density at radius 1 is 1.00 bits per heavy atom. The van der Waals surface area contributed by atoms with Crippen LogP contribution in [0.15, 0.2) is 59.5 Å². The third-order valence-corrected chi connectivity index (χ3v) is 7.03. The first-order valence-electron chi connectivity index (χ1n) is 11.8. The number of amides is 1. The van der Waals surface area contributed by atoms with E-state index in [2.05, 4.69) is 40.7 Å². The van der Waals surface area contributed by atoms with E-state index in [4.69, 9.17) is 4.98 Å². The molecule has 6 nitrogen and oxygen atoms in total. The van der Waals surface area contributed by atoms with Crippen LogP contribution in [0.2, 0.25) is 0 Å². The van der Waals surface area contributed by atoms with E-state index in [1.165, 1.54) is 0 Å². The van der Waals surface area contributed by atoms with Gasteiger partial charge in [0, 0.05) is 23.4 Å². The maximum atomic E-state index is 13.3. The minimum atomic E-state index is -0.614. The van der Waals surface area contributed by atoms with E-state index < -0.39 is 5.41 Å². The number of hydrogen-bond donors (Lipinski definition) is 1. The molecule has 0 bridgehead atoms. The van der Waals surface area contributed by atoms with Crippen molar-refractivity contribution in [3.63, 3.8) is 0 Å². The number of nitrogens with one attached hydrogen (secondary N) is 1. The van der Waals surface area contributed by atoms with Gasteiger partial charge in [0.15, 0.2) is 0 Å². The third kappa shape index (κ3) is 3.20. The van der Waals surface area contributed by atoms with E-state index in [9.17, 15) is 9.59 Å². The lowest BCUT2D eigenvalue weighted by atomic mass is 9.86. The van der Waals surface area contributed by atoms with E-state index in [1.807, 2.05) is 56.9 Å². The van der Waals surface area contributed by atoms with Crippen LogP contribution in [0.25, 0.3) is 22.4 Å². The van der Waals surface area contributed by atoms with E-state index in [0.717, 1.165) is 39.2 Å². The molecule has 1 aliphatic heterocycles. The summed E-state index contributed by atoms with van der Waals surface area (Å²) in [6, 6.07) is 16.4. The Morgan fingerprint density at radius 2 is 1.71 bits per heavy atom. The maximum Gasteiger partial charge on any atom is 0.250 e. The number of carbonyl (C=O) groups is 1. The molecule has 6 heteroatoms. The predicted octanol–water partition coefficient (Wildman–Crippen LogP) is 5.34. The maximum absolute atomic E-state index is 13.3. The largest absolute Gasteiger partial charge is 0.328 e. The Hall–Kier alpha value is -3.67. The van der Waals surface area contributed by atoms with Gasteiger partial charge in [-0.3, -0.25) is 9.59 Å². The molecule has 2 aromatic carbocycles. The summed E-state index contributed by atoms with van der Waals surface area (Å²) < 4.78 is 2.21. The number of anilines is 1. The molecule has 174 valence electrons. The molecule has 1 aliphatic rings. The van der Waals surface area contributed by atoms with Crippen LogP contribution in [0.1, 0.15) is 57.4 Å². The van der Waals surface area contributed by atoms with Gasteiger partial charge in [-0.25, -0.2) is 4.98 Å². The molecular formula is C28H30N4O2. The van der Waals surface area contributed by atoms with Crippen molar-refractivity contribution in [3.8, 4) is 11.4 Å². The van der Waals surface area contributed by atoms with Crippen molar-refractivity contribution >= 4 is 22.6 Å². The SMILES string of the molecule is Cc1cc(-c2nc3cc4c(cc3n2[C@@H](C)c2ccccc2)N(C(C)C)C(=O)C4(C)C)c[nH]c1=O. The molecule has 2 aromatic heterocycles. The average Bonchev–Trinajstić information content (AvgIpc) is 3.27. The topological polar surface area (TPSA) is 71.0 Å². The smallest absolute Gasteiger partial charge is 0.250 e. The molecule has 0 unspecified atom stereocenters. The van der Waals surface area contributed by atoms with E-state index in [-0.39, 0.29) is 23.6 Å². The number of benzene rings is 2. The summed E-state index contributed by atoms with van der Waals surface area (Å²) in [5.74, 6) is 0.902. The zero-order valence-corrected chi connectivity index (χ0v) is 20.5. The Balaban J connectivity index is 1.83. The van der Waals surface area contributed by atoms with Gasteiger partial charge >= 0.3 is 0 Å². The van der Waals surface area contributed by atoms with E-state index >= 15 is 0 Å². The van der Waals surface area contributed by atoms with Crippen LogP contribution in [0.4, 0.5) is 5.69 Å². The van der Waals surface area contributed by atoms with Gasteiger partial charge in [-0.05, 0) is 70.9 Å². The highest BCUT2D eigenvalue weighted by atomic mass is 16.2. The third-order valence-electron chi connectivity index (χ3n) is 7.03.